The van der Waals surface area contributed by atoms with Gasteiger partial charge < -0.3 is 9.84 Å². The lowest BCUT2D eigenvalue weighted by Gasteiger charge is -2.23. The van der Waals surface area contributed by atoms with E-state index in [1.807, 2.05) is 27.7 Å². The topological polar surface area (TPSA) is 63.6 Å². The van der Waals surface area contributed by atoms with Gasteiger partial charge in [-0.3, -0.25) is 0 Å². The molecule has 1 aromatic carbocycles. The van der Waals surface area contributed by atoms with Crippen molar-refractivity contribution in [3.63, 3.8) is 0 Å². The molecule has 0 aromatic heterocycles. The molecule has 22 heavy (non-hydrogen) atoms. The molecule has 0 fully saturated rings. The van der Waals surface area contributed by atoms with Gasteiger partial charge in [0, 0.05) is 5.02 Å². The van der Waals surface area contributed by atoms with E-state index in [2.05, 4.69) is 0 Å². The van der Waals surface area contributed by atoms with Crippen molar-refractivity contribution in [2.24, 2.45) is 5.41 Å². The van der Waals surface area contributed by atoms with Crippen LogP contribution in [0, 0.1) is 5.41 Å². The number of carboxylic acid groups (broad SMARTS) is 1. The second kappa shape index (κ2) is 7.14. The fourth-order valence-corrected chi connectivity index (χ4v) is 2.69. The minimum Gasteiger partial charge on any atom is -0.478 e. The molecular weight excluding hydrogens is 304 g/mol. The van der Waals surface area contributed by atoms with Crippen LogP contribution in [-0.2, 0) is 17.6 Å². The number of carbonyl (C=O) groups is 2. The van der Waals surface area contributed by atoms with E-state index < -0.39 is 11.9 Å². The van der Waals surface area contributed by atoms with E-state index in [0.717, 1.165) is 5.56 Å². The summed E-state index contributed by atoms with van der Waals surface area (Å²) in [6, 6.07) is 1.54. The fraction of sp³-hybridized carbons (Fsp3) is 0.529. The van der Waals surface area contributed by atoms with Gasteiger partial charge in [-0.05, 0) is 42.4 Å². The Kier molecular flexibility index (Phi) is 6.00. The summed E-state index contributed by atoms with van der Waals surface area (Å²) in [5.74, 6) is -1.78. The molecule has 1 aromatic rings. The van der Waals surface area contributed by atoms with Gasteiger partial charge in [0.2, 0.25) is 0 Å². The molecular formula is C17H23ClO4. The minimum absolute atomic E-state index is 0.0458. The number of aromatic carboxylic acids is 1. The lowest BCUT2D eigenvalue weighted by molar-refractivity contribution is 0.0514. The molecule has 0 aliphatic rings. The van der Waals surface area contributed by atoms with Gasteiger partial charge >= 0.3 is 11.9 Å². The number of rotatable bonds is 5. The number of aryl methyl sites for hydroxylation is 1. The molecule has 0 unspecified atom stereocenters. The molecule has 0 amide bonds. The Bertz CT molecular complexity index is 585. The molecule has 1 N–H and O–H groups in total. The fourth-order valence-electron chi connectivity index (χ4n) is 2.34. The van der Waals surface area contributed by atoms with Gasteiger partial charge in [-0.15, -0.1) is 0 Å². The predicted molar refractivity (Wildman–Crippen MR) is 86.9 cm³/mol. The second-order valence-electron chi connectivity index (χ2n) is 6.37. The molecule has 0 saturated carbocycles. The van der Waals surface area contributed by atoms with Gasteiger partial charge in [-0.1, -0.05) is 39.3 Å². The van der Waals surface area contributed by atoms with Gasteiger partial charge in [0.05, 0.1) is 17.7 Å². The molecule has 0 atom stereocenters. The number of hydrogen-bond donors (Lipinski definition) is 1. The van der Waals surface area contributed by atoms with Crippen molar-refractivity contribution in [3.8, 4) is 0 Å². The molecule has 5 heteroatoms. The number of hydrogen-bond acceptors (Lipinski definition) is 3. The van der Waals surface area contributed by atoms with Crippen molar-refractivity contribution in [2.75, 3.05) is 6.61 Å². The first-order valence-electron chi connectivity index (χ1n) is 7.37. The Labute approximate surface area is 136 Å². The lowest BCUT2D eigenvalue weighted by atomic mass is 9.83. The largest absolute Gasteiger partial charge is 0.478 e. The summed E-state index contributed by atoms with van der Waals surface area (Å²) in [5.41, 5.74) is 1.13. The zero-order valence-corrected chi connectivity index (χ0v) is 14.5. The number of ether oxygens (including phenoxy) is 1. The van der Waals surface area contributed by atoms with Crippen molar-refractivity contribution < 1.29 is 19.4 Å². The Morgan fingerprint density at radius 3 is 2.27 bits per heavy atom. The van der Waals surface area contributed by atoms with Crippen LogP contribution in [0.25, 0.3) is 0 Å². The highest BCUT2D eigenvalue weighted by Gasteiger charge is 2.28. The third kappa shape index (κ3) is 4.23. The summed E-state index contributed by atoms with van der Waals surface area (Å²) in [7, 11) is 0. The summed E-state index contributed by atoms with van der Waals surface area (Å²) in [4.78, 5) is 23.9. The van der Waals surface area contributed by atoms with E-state index in [1.54, 1.807) is 6.92 Å². The van der Waals surface area contributed by atoms with Crippen LogP contribution >= 0.6 is 11.6 Å². The SMILES string of the molecule is CCOC(=O)c1cc(CC)c(Cl)c(CC(C)(C)C)c1C(=O)O. The highest BCUT2D eigenvalue weighted by Crippen LogP contribution is 2.34. The third-order valence-electron chi connectivity index (χ3n) is 3.23. The van der Waals surface area contributed by atoms with Crippen LogP contribution in [0.2, 0.25) is 5.02 Å². The van der Waals surface area contributed by atoms with Crippen molar-refractivity contribution >= 4 is 23.5 Å². The lowest BCUT2D eigenvalue weighted by Crippen LogP contribution is -2.19. The van der Waals surface area contributed by atoms with E-state index in [4.69, 9.17) is 16.3 Å². The summed E-state index contributed by atoms with van der Waals surface area (Å²) >= 11 is 6.40. The average molecular weight is 327 g/mol. The maximum absolute atomic E-state index is 12.1. The van der Waals surface area contributed by atoms with Crippen LogP contribution in [0.15, 0.2) is 6.07 Å². The average Bonchev–Trinajstić information content (AvgIpc) is 2.39. The Morgan fingerprint density at radius 2 is 1.86 bits per heavy atom. The maximum Gasteiger partial charge on any atom is 0.339 e. The Hall–Kier alpha value is -1.55. The molecule has 0 radical (unpaired) electrons. The molecule has 0 heterocycles. The normalized spacial score (nSPS) is 11.4. The van der Waals surface area contributed by atoms with Gasteiger partial charge in [-0.2, -0.15) is 0 Å². The van der Waals surface area contributed by atoms with Crippen molar-refractivity contribution in [1.82, 2.24) is 0 Å². The number of carboxylic acids is 1. The minimum atomic E-state index is -1.16. The maximum atomic E-state index is 12.1. The Balaban J connectivity index is 3.66. The van der Waals surface area contributed by atoms with Gasteiger partial charge in [0.25, 0.3) is 0 Å². The molecule has 0 bridgehead atoms. The van der Waals surface area contributed by atoms with E-state index in [9.17, 15) is 14.7 Å². The summed E-state index contributed by atoms with van der Waals surface area (Å²) < 4.78 is 5.00. The summed E-state index contributed by atoms with van der Waals surface area (Å²) in [5, 5.41) is 10.0. The van der Waals surface area contributed by atoms with Crippen molar-refractivity contribution in [1.29, 1.82) is 0 Å². The van der Waals surface area contributed by atoms with Gasteiger partial charge in [0.1, 0.15) is 0 Å². The van der Waals surface area contributed by atoms with E-state index in [1.165, 1.54) is 6.07 Å². The van der Waals surface area contributed by atoms with Crippen molar-refractivity contribution in [2.45, 2.75) is 47.5 Å². The van der Waals surface area contributed by atoms with Crippen LogP contribution in [0.4, 0.5) is 0 Å². The summed E-state index contributed by atoms with van der Waals surface area (Å²) in [6.07, 6.45) is 1.08. The number of halogens is 1. The van der Waals surface area contributed by atoms with E-state index in [-0.39, 0.29) is 23.1 Å². The standard InChI is InChI=1S/C17H23ClO4/c1-6-10-8-11(16(21)22-7-2)13(15(19)20)12(14(10)18)9-17(3,4)5/h8H,6-7,9H2,1-5H3,(H,19,20). The Morgan fingerprint density at radius 1 is 1.27 bits per heavy atom. The monoisotopic (exact) mass is 326 g/mol. The molecule has 1 rings (SSSR count). The smallest absolute Gasteiger partial charge is 0.339 e. The molecule has 0 saturated heterocycles. The molecule has 0 aliphatic carbocycles. The second-order valence-corrected chi connectivity index (χ2v) is 6.75. The number of benzene rings is 1. The van der Waals surface area contributed by atoms with Crippen molar-refractivity contribution in [3.05, 3.63) is 33.3 Å². The van der Waals surface area contributed by atoms with Crippen LogP contribution in [-0.4, -0.2) is 23.7 Å². The predicted octanol–water partition coefficient (Wildman–Crippen LogP) is 4.37. The van der Waals surface area contributed by atoms with Crippen LogP contribution in [0.3, 0.4) is 0 Å². The molecule has 0 spiro atoms. The highest BCUT2D eigenvalue weighted by atomic mass is 35.5. The first-order valence-corrected chi connectivity index (χ1v) is 7.74. The van der Waals surface area contributed by atoms with E-state index in [0.29, 0.717) is 23.4 Å². The zero-order valence-electron chi connectivity index (χ0n) is 13.7. The quantitative estimate of drug-likeness (QED) is 0.816. The third-order valence-corrected chi connectivity index (χ3v) is 3.70. The molecule has 122 valence electrons. The first-order chi connectivity index (χ1) is 10.1. The number of carbonyl (C=O) groups excluding carboxylic acids is 1. The molecule has 0 aliphatic heterocycles. The van der Waals surface area contributed by atoms with Crippen LogP contribution < -0.4 is 0 Å². The van der Waals surface area contributed by atoms with Crippen LogP contribution in [0.5, 0.6) is 0 Å². The van der Waals surface area contributed by atoms with E-state index >= 15 is 0 Å². The summed E-state index contributed by atoms with van der Waals surface area (Å²) in [6.45, 7) is 9.78. The first kappa shape index (κ1) is 18.5. The van der Waals surface area contributed by atoms with Gasteiger partial charge in [-0.25, -0.2) is 9.59 Å². The molecule has 4 nitrogen and oxygen atoms in total. The zero-order chi connectivity index (χ0) is 17.1. The number of esters is 1. The highest BCUT2D eigenvalue weighted by molar-refractivity contribution is 6.33. The van der Waals surface area contributed by atoms with Crippen LogP contribution in [0.1, 0.15) is 66.5 Å². The van der Waals surface area contributed by atoms with Gasteiger partial charge in [0.15, 0.2) is 0 Å².